The third-order valence-electron chi connectivity index (χ3n) is 4.27. The number of amides is 1. The average molecular weight is 346 g/mol. The smallest absolute Gasteiger partial charge is 0.253 e. The maximum atomic E-state index is 12.6. The van der Waals surface area contributed by atoms with E-state index in [9.17, 15) is 14.7 Å². The molecule has 0 spiro atoms. The Balaban J connectivity index is 2.19. The number of hydrogen-bond donors (Lipinski definition) is 1. The van der Waals surface area contributed by atoms with Crippen molar-refractivity contribution in [3.8, 4) is 0 Å². The van der Waals surface area contributed by atoms with Crippen molar-refractivity contribution in [2.24, 2.45) is 0 Å². The molecule has 1 aliphatic heterocycles. The molecule has 0 saturated carbocycles. The van der Waals surface area contributed by atoms with E-state index in [2.05, 4.69) is 0 Å². The van der Waals surface area contributed by atoms with E-state index in [1.54, 1.807) is 27.1 Å². The highest BCUT2D eigenvalue weighted by Gasteiger charge is 2.21. The van der Waals surface area contributed by atoms with Crippen LogP contribution in [0.5, 0.6) is 0 Å². The maximum absolute atomic E-state index is 12.6. The summed E-state index contributed by atoms with van der Waals surface area (Å²) >= 11 is 0. The van der Waals surface area contributed by atoms with E-state index in [0.717, 1.165) is 0 Å². The number of carbonyl (C=O) groups excluding carboxylic acids is 1. The van der Waals surface area contributed by atoms with Crippen LogP contribution in [0.3, 0.4) is 0 Å². The first-order valence-corrected chi connectivity index (χ1v) is 8.22. The maximum Gasteiger partial charge on any atom is 0.253 e. The van der Waals surface area contributed by atoms with Crippen LogP contribution >= 0.6 is 0 Å². The topological polar surface area (TPSA) is 83.2 Å². The van der Waals surface area contributed by atoms with E-state index in [0.29, 0.717) is 54.3 Å². The summed E-state index contributed by atoms with van der Waals surface area (Å²) in [6.45, 7) is 3.99. The quantitative estimate of drug-likeness (QED) is 0.904. The Morgan fingerprint density at radius 2 is 1.92 bits per heavy atom. The molecule has 3 rings (SSSR count). The third-order valence-corrected chi connectivity index (χ3v) is 4.27. The average Bonchev–Trinajstić information content (AvgIpc) is 2.60. The van der Waals surface area contributed by atoms with E-state index in [1.165, 1.54) is 17.0 Å². The van der Waals surface area contributed by atoms with Gasteiger partial charge in [-0.15, -0.1) is 0 Å². The van der Waals surface area contributed by atoms with Crippen LogP contribution in [0.4, 0.5) is 5.88 Å². The molecular weight excluding hydrogens is 324 g/mol. The van der Waals surface area contributed by atoms with Crippen LogP contribution < -0.4 is 10.3 Å². The Bertz CT molecular complexity index is 850. The summed E-state index contributed by atoms with van der Waals surface area (Å²) in [6.07, 6.45) is -0.875. The van der Waals surface area contributed by atoms with Gasteiger partial charge in [0, 0.05) is 44.4 Å². The van der Waals surface area contributed by atoms with Gasteiger partial charge in [-0.1, -0.05) is 0 Å². The fraction of sp³-hybridized carbons (Fsp3) is 0.444. The molecule has 1 aliphatic rings. The lowest BCUT2D eigenvalue weighted by molar-refractivity contribution is 0.0827. The molecule has 0 aliphatic carbocycles. The van der Waals surface area contributed by atoms with Gasteiger partial charge >= 0.3 is 0 Å². The molecule has 1 aromatic carbocycles. The Labute approximate surface area is 145 Å². The molecular formula is C18H22N2O5. The zero-order chi connectivity index (χ0) is 18.1. The molecule has 1 fully saturated rings. The lowest BCUT2D eigenvalue weighted by Crippen LogP contribution is -2.36. The van der Waals surface area contributed by atoms with Gasteiger partial charge in [-0.05, 0) is 19.1 Å². The van der Waals surface area contributed by atoms with E-state index < -0.39 is 6.10 Å². The number of rotatable bonds is 3. The molecule has 2 heterocycles. The molecule has 1 atom stereocenters. The van der Waals surface area contributed by atoms with Crippen molar-refractivity contribution in [1.82, 2.24) is 4.90 Å². The summed E-state index contributed by atoms with van der Waals surface area (Å²) in [5.41, 5.74) is 0.854. The number of fused-ring (bicyclic) bond motifs is 1. The summed E-state index contributed by atoms with van der Waals surface area (Å²) in [5.74, 6) is 0.217. The molecule has 25 heavy (non-hydrogen) atoms. The van der Waals surface area contributed by atoms with Gasteiger partial charge in [0.05, 0.1) is 24.7 Å². The largest absolute Gasteiger partial charge is 0.440 e. The molecule has 7 nitrogen and oxygen atoms in total. The minimum absolute atomic E-state index is 0.236. The normalized spacial score (nSPS) is 16.1. The van der Waals surface area contributed by atoms with Crippen molar-refractivity contribution in [2.75, 3.05) is 45.3 Å². The first-order chi connectivity index (χ1) is 11.9. The van der Waals surface area contributed by atoms with Crippen molar-refractivity contribution >= 4 is 22.8 Å². The van der Waals surface area contributed by atoms with Crippen molar-refractivity contribution in [3.63, 3.8) is 0 Å². The molecule has 2 aromatic rings. The van der Waals surface area contributed by atoms with Crippen LogP contribution in [0.1, 0.15) is 28.9 Å². The van der Waals surface area contributed by atoms with E-state index >= 15 is 0 Å². The summed E-state index contributed by atoms with van der Waals surface area (Å²) in [7, 11) is 3.27. The second kappa shape index (κ2) is 6.85. The van der Waals surface area contributed by atoms with Gasteiger partial charge in [-0.2, -0.15) is 0 Å². The van der Waals surface area contributed by atoms with Gasteiger partial charge in [-0.3, -0.25) is 9.59 Å². The fourth-order valence-corrected chi connectivity index (χ4v) is 2.90. The number of aliphatic hydroxyl groups excluding tert-OH is 1. The monoisotopic (exact) mass is 346 g/mol. The Kier molecular flexibility index (Phi) is 4.78. The molecule has 134 valence electrons. The highest BCUT2D eigenvalue weighted by molar-refractivity contribution is 5.98. The Hall–Kier alpha value is -2.38. The van der Waals surface area contributed by atoms with Gasteiger partial charge in [0.2, 0.25) is 0 Å². The molecule has 1 aromatic heterocycles. The summed E-state index contributed by atoms with van der Waals surface area (Å²) in [4.78, 5) is 28.3. The number of nitrogens with zero attached hydrogens (tertiary/aromatic N) is 2. The molecule has 0 radical (unpaired) electrons. The van der Waals surface area contributed by atoms with Crippen molar-refractivity contribution in [3.05, 3.63) is 39.5 Å². The number of ether oxygens (including phenoxy) is 1. The molecule has 1 saturated heterocycles. The van der Waals surface area contributed by atoms with Crippen LogP contribution in [0.25, 0.3) is 11.0 Å². The van der Waals surface area contributed by atoms with Crippen LogP contribution in [0, 0.1) is 0 Å². The Morgan fingerprint density at radius 3 is 2.52 bits per heavy atom. The lowest BCUT2D eigenvalue weighted by atomic mass is 10.0. The number of carbonyl (C=O) groups is 1. The first kappa shape index (κ1) is 17.4. The van der Waals surface area contributed by atoms with Gasteiger partial charge in [0.25, 0.3) is 5.91 Å². The SMILES string of the molecule is C[C@@H](O)c1cc(C(=O)N(C)C)cc2c(=O)cc(N3CCOCC3)oc12. The van der Waals surface area contributed by atoms with Gasteiger partial charge in [-0.25, -0.2) is 0 Å². The number of aliphatic hydroxyl groups is 1. The van der Waals surface area contributed by atoms with Crippen LogP contribution in [0.2, 0.25) is 0 Å². The highest BCUT2D eigenvalue weighted by atomic mass is 16.5. The zero-order valence-electron chi connectivity index (χ0n) is 14.6. The second-order valence-corrected chi connectivity index (χ2v) is 6.37. The van der Waals surface area contributed by atoms with Gasteiger partial charge in [0.15, 0.2) is 11.3 Å². The van der Waals surface area contributed by atoms with Crippen molar-refractivity contribution in [1.29, 1.82) is 0 Å². The minimum atomic E-state index is -0.875. The summed E-state index contributed by atoms with van der Waals surface area (Å²) in [5, 5.41) is 10.4. The van der Waals surface area contributed by atoms with E-state index in [-0.39, 0.29) is 11.3 Å². The summed E-state index contributed by atoms with van der Waals surface area (Å²) < 4.78 is 11.3. The van der Waals surface area contributed by atoms with Gasteiger partial charge in [0.1, 0.15) is 5.58 Å². The fourth-order valence-electron chi connectivity index (χ4n) is 2.90. The van der Waals surface area contributed by atoms with E-state index in [1.807, 2.05) is 4.90 Å². The standard InChI is InChI=1S/C18H22N2O5/c1-11(21)13-8-12(18(23)19(2)3)9-14-15(22)10-16(25-17(13)14)20-4-6-24-7-5-20/h8-11,21H,4-7H2,1-3H3/t11-/m1/s1. The van der Waals surface area contributed by atoms with E-state index in [4.69, 9.17) is 9.15 Å². The summed E-state index contributed by atoms with van der Waals surface area (Å²) in [6, 6.07) is 4.54. The number of hydrogen-bond acceptors (Lipinski definition) is 6. The van der Waals surface area contributed by atoms with Gasteiger partial charge < -0.3 is 24.1 Å². The molecule has 7 heteroatoms. The second-order valence-electron chi connectivity index (χ2n) is 6.37. The predicted molar refractivity (Wildman–Crippen MR) is 94.2 cm³/mol. The molecule has 0 bridgehead atoms. The number of benzene rings is 1. The van der Waals surface area contributed by atoms with Crippen molar-refractivity contribution < 1.29 is 19.1 Å². The third kappa shape index (κ3) is 3.38. The Morgan fingerprint density at radius 1 is 1.24 bits per heavy atom. The zero-order valence-corrected chi connectivity index (χ0v) is 14.6. The lowest BCUT2D eigenvalue weighted by Gasteiger charge is -2.27. The predicted octanol–water partition coefficient (Wildman–Crippen LogP) is 1.38. The number of anilines is 1. The number of morpholine rings is 1. The first-order valence-electron chi connectivity index (χ1n) is 8.22. The van der Waals surface area contributed by atoms with Crippen LogP contribution in [-0.2, 0) is 4.74 Å². The highest BCUT2D eigenvalue weighted by Crippen LogP contribution is 2.28. The van der Waals surface area contributed by atoms with Crippen LogP contribution in [-0.4, -0.2) is 56.3 Å². The van der Waals surface area contributed by atoms with Crippen molar-refractivity contribution in [2.45, 2.75) is 13.0 Å². The molecule has 1 N–H and O–H groups in total. The van der Waals surface area contributed by atoms with Crippen LogP contribution in [0.15, 0.2) is 27.4 Å². The minimum Gasteiger partial charge on any atom is -0.440 e. The molecule has 0 unspecified atom stereocenters. The molecule has 1 amide bonds.